The van der Waals surface area contributed by atoms with Gasteiger partial charge >= 0.3 is 4.87 Å². The lowest BCUT2D eigenvalue weighted by Crippen LogP contribution is -2.14. The number of amides is 1. The lowest BCUT2D eigenvalue weighted by atomic mass is 10.1. The number of rotatable bonds is 5. The van der Waals surface area contributed by atoms with Crippen molar-refractivity contribution >= 4 is 33.1 Å². The maximum absolute atomic E-state index is 12.2. The zero-order chi connectivity index (χ0) is 18.0. The SMILES string of the molecule is Cc1ccc(CCC(=O)Nc2ccc3c(c2)sc(=O)n3C(C)C)cc1. The molecule has 0 aliphatic carbocycles. The highest BCUT2D eigenvalue weighted by molar-refractivity contribution is 7.16. The Balaban J connectivity index is 1.69. The topological polar surface area (TPSA) is 51.1 Å². The fourth-order valence-electron chi connectivity index (χ4n) is 2.84. The minimum absolute atomic E-state index is 0.0180. The number of fused-ring (bicyclic) bond motifs is 1. The maximum Gasteiger partial charge on any atom is 0.308 e. The molecule has 5 heteroatoms. The van der Waals surface area contributed by atoms with Gasteiger partial charge in [-0.25, -0.2) is 0 Å². The predicted octanol–water partition coefficient (Wildman–Crippen LogP) is 4.52. The van der Waals surface area contributed by atoms with E-state index in [9.17, 15) is 9.59 Å². The van der Waals surface area contributed by atoms with Crippen molar-refractivity contribution in [1.82, 2.24) is 4.57 Å². The van der Waals surface area contributed by atoms with Gasteiger partial charge in [0.05, 0.1) is 10.2 Å². The quantitative estimate of drug-likeness (QED) is 0.732. The lowest BCUT2D eigenvalue weighted by molar-refractivity contribution is -0.116. The molecule has 0 saturated heterocycles. The van der Waals surface area contributed by atoms with Gasteiger partial charge in [0.25, 0.3) is 0 Å². The van der Waals surface area contributed by atoms with E-state index < -0.39 is 0 Å². The van der Waals surface area contributed by atoms with Crippen LogP contribution in [0.15, 0.2) is 47.3 Å². The van der Waals surface area contributed by atoms with Crippen molar-refractivity contribution in [2.45, 2.75) is 39.7 Å². The molecule has 3 aromatic rings. The second-order valence-corrected chi connectivity index (χ2v) is 7.54. The molecule has 0 saturated carbocycles. The van der Waals surface area contributed by atoms with Crippen LogP contribution in [-0.2, 0) is 11.2 Å². The number of aromatic nitrogens is 1. The van der Waals surface area contributed by atoms with E-state index >= 15 is 0 Å². The highest BCUT2D eigenvalue weighted by Gasteiger charge is 2.11. The summed E-state index contributed by atoms with van der Waals surface area (Å²) in [7, 11) is 0. The number of nitrogens with zero attached hydrogens (tertiary/aromatic N) is 1. The Morgan fingerprint density at radius 2 is 1.88 bits per heavy atom. The fraction of sp³-hybridized carbons (Fsp3) is 0.300. The van der Waals surface area contributed by atoms with E-state index in [0.29, 0.717) is 12.8 Å². The molecule has 0 atom stereocenters. The van der Waals surface area contributed by atoms with Gasteiger partial charge in [-0.1, -0.05) is 41.2 Å². The molecule has 25 heavy (non-hydrogen) atoms. The molecule has 0 aliphatic rings. The number of hydrogen-bond donors (Lipinski definition) is 1. The minimum Gasteiger partial charge on any atom is -0.326 e. The van der Waals surface area contributed by atoms with Crippen molar-refractivity contribution in [1.29, 1.82) is 0 Å². The summed E-state index contributed by atoms with van der Waals surface area (Å²) < 4.78 is 2.68. The van der Waals surface area contributed by atoms with Crippen LogP contribution in [0.2, 0.25) is 0 Å². The van der Waals surface area contributed by atoms with Crippen LogP contribution in [0.3, 0.4) is 0 Å². The van der Waals surface area contributed by atoms with Gasteiger partial charge in [0.15, 0.2) is 0 Å². The van der Waals surface area contributed by atoms with E-state index in [1.54, 1.807) is 4.57 Å². The van der Waals surface area contributed by atoms with Gasteiger partial charge in [0.1, 0.15) is 0 Å². The minimum atomic E-state index is -0.0180. The predicted molar refractivity (Wildman–Crippen MR) is 105 cm³/mol. The summed E-state index contributed by atoms with van der Waals surface area (Å²) in [6.45, 7) is 6.04. The molecule has 2 aromatic carbocycles. The molecule has 3 rings (SSSR count). The molecule has 0 unspecified atom stereocenters. The first-order chi connectivity index (χ1) is 11.9. The van der Waals surface area contributed by atoms with Gasteiger partial charge in [-0.3, -0.25) is 14.2 Å². The average molecular weight is 354 g/mol. The lowest BCUT2D eigenvalue weighted by Gasteiger charge is -2.09. The molecular weight excluding hydrogens is 332 g/mol. The molecule has 0 spiro atoms. The summed E-state index contributed by atoms with van der Waals surface area (Å²) in [6.07, 6.45) is 1.15. The van der Waals surface area contributed by atoms with Gasteiger partial charge in [-0.2, -0.15) is 0 Å². The highest BCUT2D eigenvalue weighted by Crippen LogP contribution is 2.24. The van der Waals surface area contributed by atoms with Crippen LogP contribution in [0, 0.1) is 6.92 Å². The normalized spacial score (nSPS) is 11.2. The summed E-state index contributed by atoms with van der Waals surface area (Å²) in [6, 6.07) is 14.0. The van der Waals surface area contributed by atoms with Gasteiger partial charge < -0.3 is 5.32 Å². The molecule has 1 amide bonds. The van der Waals surface area contributed by atoms with E-state index in [1.807, 2.05) is 39.0 Å². The molecule has 4 nitrogen and oxygen atoms in total. The molecular formula is C20H22N2O2S. The van der Waals surface area contributed by atoms with Gasteiger partial charge in [-0.15, -0.1) is 0 Å². The van der Waals surface area contributed by atoms with Gasteiger partial charge in [-0.05, 0) is 51.0 Å². The number of anilines is 1. The summed E-state index contributed by atoms with van der Waals surface area (Å²) in [5, 5.41) is 2.93. The van der Waals surface area contributed by atoms with Crippen LogP contribution in [-0.4, -0.2) is 10.5 Å². The Morgan fingerprint density at radius 3 is 2.56 bits per heavy atom. The first-order valence-electron chi connectivity index (χ1n) is 8.44. The van der Waals surface area contributed by atoms with Crippen molar-refractivity contribution in [2.24, 2.45) is 0 Å². The number of hydrogen-bond acceptors (Lipinski definition) is 3. The van der Waals surface area contributed by atoms with Crippen LogP contribution in [0.1, 0.15) is 37.4 Å². The largest absolute Gasteiger partial charge is 0.326 e. The third kappa shape index (κ3) is 3.99. The van der Waals surface area contributed by atoms with E-state index in [0.717, 1.165) is 21.5 Å². The first kappa shape index (κ1) is 17.4. The molecule has 0 bridgehead atoms. The van der Waals surface area contributed by atoms with Crippen LogP contribution >= 0.6 is 11.3 Å². The van der Waals surface area contributed by atoms with E-state index in [2.05, 4.69) is 29.6 Å². The molecule has 0 aliphatic heterocycles. The van der Waals surface area contributed by atoms with Crippen molar-refractivity contribution in [3.8, 4) is 0 Å². The molecule has 1 heterocycles. The number of nitrogens with one attached hydrogen (secondary N) is 1. The van der Waals surface area contributed by atoms with E-state index in [1.165, 1.54) is 16.9 Å². The number of aryl methyl sites for hydroxylation is 2. The molecule has 130 valence electrons. The molecule has 0 fully saturated rings. The zero-order valence-electron chi connectivity index (χ0n) is 14.7. The average Bonchev–Trinajstić information content (AvgIpc) is 2.89. The second-order valence-electron chi connectivity index (χ2n) is 6.55. The third-order valence-electron chi connectivity index (χ3n) is 4.17. The van der Waals surface area contributed by atoms with Crippen LogP contribution in [0.25, 0.3) is 10.2 Å². The molecule has 1 aromatic heterocycles. The molecule has 0 radical (unpaired) electrons. The van der Waals surface area contributed by atoms with Crippen LogP contribution in [0.4, 0.5) is 5.69 Å². The van der Waals surface area contributed by atoms with Crippen LogP contribution < -0.4 is 10.2 Å². The van der Waals surface area contributed by atoms with E-state index in [4.69, 9.17) is 0 Å². The van der Waals surface area contributed by atoms with E-state index in [-0.39, 0.29) is 16.8 Å². The summed E-state index contributed by atoms with van der Waals surface area (Å²) in [5.41, 5.74) is 4.03. The fourth-order valence-corrected chi connectivity index (χ4v) is 3.89. The number of carbonyl (C=O) groups is 1. The van der Waals surface area contributed by atoms with Gasteiger partial charge in [0.2, 0.25) is 5.91 Å². The van der Waals surface area contributed by atoms with Crippen molar-refractivity contribution < 1.29 is 4.79 Å². The monoisotopic (exact) mass is 354 g/mol. The summed E-state index contributed by atoms with van der Waals surface area (Å²) in [4.78, 5) is 24.3. The van der Waals surface area contributed by atoms with Crippen molar-refractivity contribution in [2.75, 3.05) is 5.32 Å². The van der Waals surface area contributed by atoms with Crippen molar-refractivity contribution in [3.63, 3.8) is 0 Å². The Hall–Kier alpha value is -2.40. The number of carbonyl (C=O) groups excluding carboxylic acids is 1. The second kappa shape index (κ2) is 7.23. The summed E-state index contributed by atoms with van der Waals surface area (Å²) in [5.74, 6) is -0.0180. The van der Waals surface area contributed by atoms with Crippen LogP contribution in [0.5, 0.6) is 0 Å². The Bertz CT molecular complexity index is 952. The number of benzene rings is 2. The highest BCUT2D eigenvalue weighted by atomic mass is 32.1. The van der Waals surface area contributed by atoms with Gasteiger partial charge in [0, 0.05) is 18.2 Å². The Labute approximate surface area is 151 Å². The van der Waals surface area contributed by atoms with Crippen molar-refractivity contribution in [3.05, 3.63) is 63.3 Å². The number of thiazole rings is 1. The summed E-state index contributed by atoms with van der Waals surface area (Å²) >= 11 is 1.22. The maximum atomic E-state index is 12.2. The molecule has 1 N–H and O–H groups in total. The first-order valence-corrected chi connectivity index (χ1v) is 9.26. The Kier molecular flexibility index (Phi) is 5.04. The smallest absolute Gasteiger partial charge is 0.308 e. The standard InChI is InChI=1S/C20H22N2O2S/c1-13(2)22-17-10-9-16(12-18(17)25-20(22)24)21-19(23)11-8-15-6-4-14(3)5-7-15/h4-7,9-10,12-13H,8,11H2,1-3H3,(H,21,23). The zero-order valence-corrected chi connectivity index (χ0v) is 15.5. The Morgan fingerprint density at radius 1 is 1.16 bits per heavy atom. The third-order valence-corrected chi connectivity index (χ3v) is 5.09.